The quantitative estimate of drug-likeness (QED) is 0.871. The Kier molecular flexibility index (Phi) is 3.55. The Balaban J connectivity index is 2.73. The van der Waals surface area contributed by atoms with E-state index in [9.17, 15) is 4.79 Å². The van der Waals surface area contributed by atoms with Crippen LogP contribution in [-0.2, 0) is 6.42 Å². The maximum absolute atomic E-state index is 12.5. The highest BCUT2D eigenvalue weighted by atomic mass is 16.1. The van der Waals surface area contributed by atoms with E-state index in [0.717, 1.165) is 35.0 Å². The summed E-state index contributed by atoms with van der Waals surface area (Å²) in [6.45, 7) is 8.28. The fourth-order valence-corrected chi connectivity index (χ4v) is 2.61. The molecule has 0 aliphatic rings. The van der Waals surface area contributed by atoms with Crippen molar-refractivity contribution >= 4 is 10.9 Å². The van der Waals surface area contributed by atoms with Crippen LogP contribution in [0.4, 0.5) is 0 Å². The van der Waals surface area contributed by atoms with Crippen molar-refractivity contribution in [2.45, 2.75) is 46.5 Å². The second-order valence-corrected chi connectivity index (χ2v) is 5.28. The van der Waals surface area contributed by atoms with Gasteiger partial charge in [0.15, 0.2) is 5.43 Å². The number of hydrogen-bond acceptors (Lipinski definition) is 1. The van der Waals surface area contributed by atoms with Crippen LogP contribution in [0.3, 0.4) is 0 Å². The second-order valence-electron chi connectivity index (χ2n) is 5.28. The first-order valence-electron chi connectivity index (χ1n) is 6.70. The molecule has 0 saturated heterocycles. The second kappa shape index (κ2) is 4.97. The third-order valence-electron chi connectivity index (χ3n) is 3.42. The number of H-pyrrole nitrogens is 1. The van der Waals surface area contributed by atoms with Gasteiger partial charge in [0, 0.05) is 22.2 Å². The van der Waals surface area contributed by atoms with Gasteiger partial charge in [0.2, 0.25) is 0 Å². The Morgan fingerprint density at radius 2 is 2.00 bits per heavy atom. The van der Waals surface area contributed by atoms with Gasteiger partial charge in [0.05, 0.1) is 0 Å². The van der Waals surface area contributed by atoms with Crippen molar-refractivity contribution in [2.75, 3.05) is 0 Å². The molecule has 96 valence electrons. The van der Waals surface area contributed by atoms with Crippen molar-refractivity contribution < 1.29 is 0 Å². The van der Waals surface area contributed by atoms with Crippen LogP contribution in [0.2, 0.25) is 0 Å². The zero-order chi connectivity index (χ0) is 13.3. The van der Waals surface area contributed by atoms with E-state index in [2.05, 4.69) is 31.8 Å². The smallest absolute Gasteiger partial charge is 0.193 e. The monoisotopic (exact) mass is 243 g/mol. The van der Waals surface area contributed by atoms with Crippen molar-refractivity contribution in [3.05, 3.63) is 45.2 Å². The Hall–Kier alpha value is -1.57. The summed E-state index contributed by atoms with van der Waals surface area (Å²) in [5.41, 5.74) is 4.28. The van der Waals surface area contributed by atoms with E-state index in [4.69, 9.17) is 0 Å². The van der Waals surface area contributed by atoms with E-state index in [1.165, 1.54) is 5.56 Å². The zero-order valence-corrected chi connectivity index (χ0v) is 11.6. The molecule has 1 N–H and O–H groups in total. The highest BCUT2D eigenvalue weighted by Gasteiger charge is 2.12. The van der Waals surface area contributed by atoms with E-state index in [-0.39, 0.29) is 11.3 Å². The van der Waals surface area contributed by atoms with Crippen LogP contribution in [0, 0.1) is 6.92 Å². The summed E-state index contributed by atoms with van der Waals surface area (Å²) in [6.07, 6.45) is 2.13. The van der Waals surface area contributed by atoms with Crippen LogP contribution >= 0.6 is 0 Å². The van der Waals surface area contributed by atoms with Gasteiger partial charge in [-0.15, -0.1) is 0 Å². The average Bonchev–Trinajstić information content (AvgIpc) is 2.30. The van der Waals surface area contributed by atoms with E-state index in [1.807, 2.05) is 19.1 Å². The number of benzene rings is 1. The molecule has 2 aromatic rings. The first-order valence-corrected chi connectivity index (χ1v) is 6.70. The van der Waals surface area contributed by atoms with Gasteiger partial charge in [-0.3, -0.25) is 4.79 Å². The van der Waals surface area contributed by atoms with Gasteiger partial charge in [0.25, 0.3) is 0 Å². The lowest BCUT2D eigenvalue weighted by Gasteiger charge is -2.11. The number of fused-ring (bicyclic) bond motifs is 1. The number of aromatic nitrogens is 1. The standard InChI is InChI=1S/C16H21NO/c1-5-6-12-7-8-14-13(9-12)16(18)15(10(2)3)11(4)17-14/h7-10H,5-6H2,1-4H3,(H,17,18). The molecule has 0 unspecified atom stereocenters. The Labute approximate surface area is 108 Å². The van der Waals surface area contributed by atoms with Crippen LogP contribution < -0.4 is 5.43 Å². The van der Waals surface area contributed by atoms with Crippen LogP contribution in [0.15, 0.2) is 23.0 Å². The Morgan fingerprint density at radius 3 is 2.61 bits per heavy atom. The SMILES string of the molecule is CCCc1ccc2[nH]c(C)c(C(C)C)c(=O)c2c1. The Bertz CT molecular complexity index is 623. The van der Waals surface area contributed by atoms with E-state index in [1.54, 1.807) is 0 Å². The minimum Gasteiger partial charge on any atom is -0.358 e. The lowest BCUT2D eigenvalue weighted by molar-refractivity contribution is 0.838. The fourth-order valence-electron chi connectivity index (χ4n) is 2.61. The summed E-state index contributed by atoms with van der Waals surface area (Å²) in [4.78, 5) is 15.9. The molecule has 0 radical (unpaired) electrons. The summed E-state index contributed by atoms with van der Waals surface area (Å²) in [6, 6.07) is 6.18. The van der Waals surface area contributed by atoms with Crippen molar-refractivity contribution in [3.63, 3.8) is 0 Å². The molecule has 0 bridgehead atoms. The maximum Gasteiger partial charge on any atom is 0.193 e. The average molecular weight is 243 g/mol. The summed E-state index contributed by atoms with van der Waals surface area (Å²) in [5.74, 6) is 0.257. The van der Waals surface area contributed by atoms with Crippen molar-refractivity contribution in [1.82, 2.24) is 4.98 Å². The molecule has 0 fully saturated rings. The highest BCUT2D eigenvalue weighted by Crippen LogP contribution is 2.19. The summed E-state index contributed by atoms with van der Waals surface area (Å²) >= 11 is 0. The van der Waals surface area contributed by atoms with Gasteiger partial charge in [-0.05, 0) is 37.0 Å². The van der Waals surface area contributed by atoms with Crippen LogP contribution in [0.1, 0.15) is 49.9 Å². The number of aryl methyl sites for hydroxylation is 2. The first kappa shape index (κ1) is 12.9. The van der Waals surface area contributed by atoms with Crippen LogP contribution in [-0.4, -0.2) is 4.98 Å². The molecule has 1 heterocycles. The molecule has 2 heteroatoms. The van der Waals surface area contributed by atoms with Crippen LogP contribution in [0.25, 0.3) is 10.9 Å². The molecule has 0 spiro atoms. The largest absolute Gasteiger partial charge is 0.358 e. The van der Waals surface area contributed by atoms with Crippen molar-refractivity contribution in [2.24, 2.45) is 0 Å². The van der Waals surface area contributed by atoms with Gasteiger partial charge >= 0.3 is 0 Å². The number of rotatable bonds is 3. The van der Waals surface area contributed by atoms with Crippen molar-refractivity contribution in [1.29, 1.82) is 0 Å². The molecule has 0 amide bonds. The number of hydrogen-bond donors (Lipinski definition) is 1. The van der Waals surface area contributed by atoms with Gasteiger partial charge < -0.3 is 4.98 Å². The summed E-state index contributed by atoms with van der Waals surface area (Å²) < 4.78 is 0. The Morgan fingerprint density at radius 1 is 1.28 bits per heavy atom. The minimum atomic E-state index is 0.189. The van der Waals surface area contributed by atoms with Gasteiger partial charge in [-0.25, -0.2) is 0 Å². The van der Waals surface area contributed by atoms with E-state index >= 15 is 0 Å². The number of nitrogens with one attached hydrogen (secondary N) is 1. The molecule has 1 aromatic carbocycles. The predicted octanol–water partition coefficient (Wildman–Crippen LogP) is 3.91. The normalized spacial score (nSPS) is 11.4. The van der Waals surface area contributed by atoms with Crippen molar-refractivity contribution in [3.8, 4) is 0 Å². The summed E-state index contributed by atoms with van der Waals surface area (Å²) in [5, 5.41) is 0.829. The minimum absolute atomic E-state index is 0.189. The van der Waals surface area contributed by atoms with Gasteiger partial charge in [0.1, 0.15) is 0 Å². The van der Waals surface area contributed by atoms with E-state index in [0.29, 0.717) is 0 Å². The van der Waals surface area contributed by atoms with E-state index < -0.39 is 0 Å². The lowest BCUT2D eigenvalue weighted by atomic mass is 9.97. The van der Waals surface area contributed by atoms with Gasteiger partial charge in [-0.2, -0.15) is 0 Å². The zero-order valence-electron chi connectivity index (χ0n) is 11.6. The molecule has 2 nitrogen and oxygen atoms in total. The topological polar surface area (TPSA) is 32.9 Å². The third kappa shape index (κ3) is 2.20. The third-order valence-corrected chi connectivity index (χ3v) is 3.42. The molecular weight excluding hydrogens is 222 g/mol. The molecule has 2 rings (SSSR count). The molecule has 0 aliphatic carbocycles. The molecule has 0 aliphatic heterocycles. The molecule has 18 heavy (non-hydrogen) atoms. The first-order chi connectivity index (χ1) is 8.54. The maximum atomic E-state index is 12.5. The number of pyridine rings is 1. The highest BCUT2D eigenvalue weighted by molar-refractivity contribution is 5.80. The van der Waals surface area contributed by atoms with Crippen LogP contribution in [0.5, 0.6) is 0 Å². The molecule has 1 aromatic heterocycles. The predicted molar refractivity (Wildman–Crippen MR) is 77.4 cm³/mol. The number of aromatic amines is 1. The molecule has 0 atom stereocenters. The molecule has 0 saturated carbocycles. The van der Waals surface area contributed by atoms with Gasteiger partial charge in [-0.1, -0.05) is 33.3 Å². The lowest BCUT2D eigenvalue weighted by Crippen LogP contribution is -2.14. The molecular formula is C16H21NO. The fraction of sp³-hybridized carbons (Fsp3) is 0.438. The summed E-state index contributed by atoms with van der Waals surface area (Å²) in [7, 11) is 0.